The molecule has 2 aromatic carbocycles. The zero-order chi connectivity index (χ0) is 23.5. The molecule has 5 nitrogen and oxygen atoms in total. The number of hydrogen-bond acceptors (Lipinski definition) is 5. The Kier molecular flexibility index (Phi) is 6.93. The minimum atomic E-state index is -4.61. The molecule has 1 heterocycles. The Morgan fingerprint density at radius 3 is 2.25 bits per heavy atom. The van der Waals surface area contributed by atoms with Crippen LogP contribution >= 0.6 is 0 Å². The van der Waals surface area contributed by atoms with E-state index in [1.165, 1.54) is 12.1 Å². The van der Waals surface area contributed by atoms with Crippen molar-refractivity contribution in [2.75, 3.05) is 6.61 Å². The molecule has 0 saturated carbocycles. The van der Waals surface area contributed by atoms with E-state index in [9.17, 15) is 22.8 Å². The minimum absolute atomic E-state index is 0.0101. The van der Waals surface area contributed by atoms with E-state index in [1.54, 1.807) is 32.9 Å². The molecule has 0 spiro atoms. The summed E-state index contributed by atoms with van der Waals surface area (Å²) < 4.78 is 56.4. The average Bonchev–Trinajstić information content (AvgIpc) is 2.72. The average molecular weight is 450 g/mol. The number of rotatable bonds is 5. The molecule has 1 atom stereocenters. The van der Waals surface area contributed by atoms with Crippen molar-refractivity contribution in [2.24, 2.45) is 0 Å². The number of alkyl halides is 3. The number of hydrogen-bond donors (Lipinski definition) is 0. The highest BCUT2D eigenvalue weighted by atomic mass is 19.4. The van der Waals surface area contributed by atoms with Gasteiger partial charge in [-0.25, -0.2) is 4.79 Å². The van der Waals surface area contributed by atoms with E-state index in [4.69, 9.17) is 14.2 Å². The number of carbonyl (C=O) groups is 2. The zero-order valence-corrected chi connectivity index (χ0v) is 18.1. The summed E-state index contributed by atoms with van der Waals surface area (Å²) in [5.41, 5.74) is -1.79. The first kappa shape index (κ1) is 23.8. The molecular weight excluding hydrogens is 425 g/mol. The maximum Gasteiger partial charge on any atom is 0.416 e. The van der Waals surface area contributed by atoms with Gasteiger partial charge in [-0.05, 0) is 57.9 Å². The maximum absolute atomic E-state index is 13.4. The van der Waals surface area contributed by atoms with Gasteiger partial charge in [0, 0.05) is 12.0 Å². The molecule has 3 rings (SSSR count). The minimum Gasteiger partial charge on any atom is -0.464 e. The highest BCUT2D eigenvalue weighted by Gasteiger charge is 2.33. The number of ether oxygens (including phenoxy) is 3. The van der Waals surface area contributed by atoms with E-state index >= 15 is 0 Å². The topological polar surface area (TPSA) is 61.8 Å². The lowest BCUT2D eigenvalue weighted by Crippen LogP contribution is -2.27. The molecule has 0 amide bonds. The van der Waals surface area contributed by atoms with Crippen molar-refractivity contribution in [3.05, 3.63) is 64.7 Å². The number of ketones is 1. The van der Waals surface area contributed by atoms with Gasteiger partial charge in [0.1, 0.15) is 11.4 Å². The summed E-state index contributed by atoms with van der Waals surface area (Å²) >= 11 is 0. The van der Waals surface area contributed by atoms with Gasteiger partial charge in [0.15, 0.2) is 12.1 Å². The van der Waals surface area contributed by atoms with Crippen molar-refractivity contribution >= 4 is 11.8 Å². The van der Waals surface area contributed by atoms with Crippen LogP contribution in [0, 0.1) is 0 Å². The molecule has 1 aliphatic heterocycles. The molecule has 32 heavy (non-hydrogen) atoms. The van der Waals surface area contributed by atoms with Crippen LogP contribution in [0.25, 0.3) is 0 Å². The highest BCUT2D eigenvalue weighted by molar-refractivity contribution is 6.15. The van der Waals surface area contributed by atoms with Gasteiger partial charge in [0.2, 0.25) is 0 Å². The van der Waals surface area contributed by atoms with E-state index in [-0.39, 0.29) is 22.4 Å². The van der Waals surface area contributed by atoms with Crippen molar-refractivity contribution in [2.45, 2.75) is 58.1 Å². The Balaban J connectivity index is 2.01. The summed E-state index contributed by atoms with van der Waals surface area (Å²) in [5.74, 6) is -1.59. The van der Waals surface area contributed by atoms with E-state index < -0.39 is 35.4 Å². The molecule has 1 saturated heterocycles. The first-order chi connectivity index (χ1) is 15.0. The molecule has 1 fully saturated rings. The van der Waals surface area contributed by atoms with Crippen LogP contribution in [0.2, 0.25) is 0 Å². The van der Waals surface area contributed by atoms with Crippen LogP contribution in [0.3, 0.4) is 0 Å². The van der Waals surface area contributed by atoms with E-state index in [2.05, 4.69) is 0 Å². The van der Waals surface area contributed by atoms with E-state index in [0.717, 1.165) is 31.0 Å². The highest BCUT2D eigenvalue weighted by Crippen LogP contribution is 2.35. The zero-order valence-electron chi connectivity index (χ0n) is 18.1. The first-order valence-electron chi connectivity index (χ1n) is 10.3. The lowest BCUT2D eigenvalue weighted by molar-refractivity contribution is -0.138. The van der Waals surface area contributed by atoms with Crippen LogP contribution in [-0.2, 0) is 15.7 Å². The van der Waals surface area contributed by atoms with Crippen LogP contribution in [0.15, 0.2) is 42.5 Å². The van der Waals surface area contributed by atoms with Gasteiger partial charge in [0.25, 0.3) is 0 Å². The second-order valence-corrected chi connectivity index (χ2v) is 8.50. The van der Waals surface area contributed by atoms with Gasteiger partial charge >= 0.3 is 12.1 Å². The number of halogens is 3. The third-order valence-corrected chi connectivity index (χ3v) is 4.74. The Morgan fingerprint density at radius 2 is 1.66 bits per heavy atom. The Bertz CT molecular complexity index is 986. The third kappa shape index (κ3) is 5.88. The normalized spacial score (nSPS) is 17.0. The number of carbonyl (C=O) groups excluding carboxylic acids is 2. The van der Waals surface area contributed by atoms with Crippen LogP contribution in [0.1, 0.15) is 71.9 Å². The lowest BCUT2D eigenvalue weighted by Gasteiger charge is -2.25. The fraction of sp³-hybridized carbons (Fsp3) is 0.417. The fourth-order valence-electron chi connectivity index (χ4n) is 3.27. The van der Waals surface area contributed by atoms with Crippen molar-refractivity contribution in [3.8, 4) is 5.75 Å². The molecule has 0 aliphatic carbocycles. The molecule has 0 radical (unpaired) electrons. The van der Waals surface area contributed by atoms with Crippen LogP contribution < -0.4 is 4.74 Å². The van der Waals surface area contributed by atoms with Gasteiger partial charge in [-0.15, -0.1) is 0 Å². The van der Waals surface area contributed by atoms with Crippen LogP contribution in [0.4, 0.5) is 13.2 Å². The van der Waals surface area contributed by atoms with Crippen LogP contribution in [-0.4, -0.2) is 30.3 Å². The molecule has 0 bridgehead atoms. The third-order valence-electron chi connectivity index (χ3n) is 4.74. The van der Waals surface area contributed by atoms with Crippen molar-refractivity contribution in [1.82, 2.24) is 0 Å². The summed E-state index contributed by atoms with van der Waals surface area (Å²) in [6.45, 7) is 5.51. The summed E-state index contributed by atoms with van der Waals surface area (Å²) in [6, 6.07) is 8.69. The van der Waals surface area contributed by atoms with Gasteiger partial charge in [-0.1, -0.05) is 18.2 Å². The predicted molar refractivity (Wildman–Crippen MR) is 111 cm³/mol. The van der Waals surface area contributed by atoms with Crippen molar-refractivity contribution in [1.29, 1.82) is 0 Å². The number of esters is 1. The molecule has 0 aromatic heterocycles. The van der Waals surface area contributed by atoms with E-state index in [0.29, 0.717) is 13.0 Å². The summed E-state index contributed by atoms with van der Waals surface area (Å²) in [7, 11) is 0. The molecule has 172 valence electrons. The SMILES string of the molecule is CC(C)(C)OC(=O)c1ccccc1C(=O)c1ccc(C(F)(F)F)cc1OC1CCCCO1. The molecular formula is C24H25F3O5. The van der Waals surface area contributed by atoms with Crippen molar-refractivity contribution < 1.29 is 37.0 Å². The quantitative estimate of drug-likeness (QED) is 0.426. The maximum atomic E-state index is 13.4. The summed E-state index contributed by atoms with van der Waals surface area (Å²) in [6.07, 6.45) is -3.23. The monoisotopic (exact) mass is 450 g/mol. The molecule has 0 N–H and O–H groups in total. The molecule has 1 unspecified atom stereocenters. The standard InChI is InChI=1S/C24H25F3O5/c1-23(2,3)32-22(29)17-9-5-4-8-16(17)21(28)18-12-11-15(24(25,26)27)14-19(18)31-20-10-6-7-13-30-20/h4-5,8-9,11-12,14,20H,6-7,10,13H2,1-3H3. The molecule has 8 heteroatoms. The Morgan fingerprint density at radius 1 is 0.969 bits per heavy atom. The second kappa shape index (κ2) is 9.32. The number of benzene rings is 2. The fourth-order valence-corrected chi connectivity index (χ4v) is 3.27. The van der Waals surface area contributed by atoms with Crippen molar-refractivity contribution in [3.63, 3.8) is 0 Å². The first-order valence-corrected chi connectivity index (χ1v) is 10.3. The second-order valence-electron chi connectivity index (χ2n) is 8.50. The summed E-state index contributed by atoms with van der Waals surface area (Å²) in [5, 5.41) is 0. The van der Waals surface area contributed by atoms with Gasteiger partial charge in [0.05, 0.1) is 23.3 Å². The predicted octanol–water partition coefficient (Wildman–Crippen LogP) is 5.80. The molecule has 2 aromatic rings. The Labute approximate surface area is 184 Å². The van der Waals surface area contributed by atoms with Crippen LogP contribution in [0.5, 0.6) is 5.75 Å². The van der Waals surface area contributed by atoms with Gasteiger partial charge in [-0.3, -0.25) is 4.79 Å². The summed E-state index contributed by atoms with van der Waals surface area (Å²) in [4.78, 5) is 26.0. The van der Waals surface area contributed by atoms with E-state index in [1.807, 2.05) is 0 Å². The smallest absolute Gasteiger partial charge is 0.416 e. The van der Waals surface area contributed by atoms with Gasteiger partial charge < -0.3 is 14.2 Å². The van der Waals surface area contributed by atoms with Gasteiger partial charge in [-0.2, -0.15) is 13.2 Å². The lowest BCUT2D eigenvalue weighted by atomic mass is 9.96. The largest absolute Gasteiger partial charge is 0.464 e. The molecule has 1 aliphatic rings. The Hall–Kier alpha value is -2.87.